The summed E-state index contributed by atoms with van der Waals surface area (Å²) in [7, 11) is 8.01. The van der Waals surface area contributed by atoms with Crippen LogP contribution < -0.4 is 19.7 Å². The van der Waals surface area contributed by atoms with Crippen LogP contribution in [0.1, 0.15) is 5.56 Å². The molecule has 0 aliphatic carbocycles. The summed E-state index contributed by atoms with van der Waals surface area (Å²) in [6.07, 6.45) is 7.54. The number of hydrogen-bond acceptors (Lipinski definition) is 10. The highest BCUT2D eigenvalue weighted by atomic mass is 33.1. The van der Waals surface area contributed by atoms with Gasteiger partial charge >= 0.3 is 0 Å². The Morgan fingerprint density at radius 1 is 0.717 bits per heavy atom. The van der Waals surface area contributed by atoms with Crippen LogP contribution >= 0.6 is 21.6 Å². The van der Waals surface area contributed by atoms with Gasteiger partial charge in [0, 0.05) is 62.2 Å². The van der Waals surface area contributed by atoms with Gasteiger partial charge in [-0.05, 0) is 78.9 Å². The monoisotopic (exact) mass is 748 g/mol. The lowest BCUT2D eigenvalue weighted by atomic mass is 10.1. The zero-order valence-corrected chi connectivity index (χ0v) is 32.0. The number of anilines is 2. The van der Waals surface area contributed by atoms with E-state index in [9.17, 15) is 10.2 Å². The lowest BCUT2D eigenvalue weighted by molar-refractivity contribution is -0.672. The van der Waals surface area contributed by atoms with E-state index in [1.807, 2.05) is 123 Å². The van der Waals surface area contributed by atoms with E-state index >= 15 is 0 Å². The standard InChI is InChI=1S/C41H47N8O2S2/c1-4-5-9-36-38(42-23-28-50)11-6-12-39(36)45-43-32-15-19-34(20-16-32)47(2)26-30-52-53-31-27-48(3)35-21-17-33(18-22-35)44-46-40-13-7-14-41-37(40)10-8-24-49(41)25-29-51/h4-22,24,42,50-51H,1,23,25-31H2,2-3H3/q+1/p+1/b9-5-,45-43?. The number of azo groups is 2. The summed E-state index contributed by atoms with van der Waals surface area (Å²) in [6.45, 7) is 6.94. The molecule has 5 aromatic rings. The first-order valence-electron chi connectivity index (χ1n) is 17.6. The van der Waals surface area contributed by atoms with Crippen LogP contribution in [0.5, 0.6) is 0 Å². The van der Waals surface area contributed by atoms with Gasteiger partial charge < -0.3 is 25.3 Å². The highest BCUT2D eigenvalue weighted by molar-refractivity contribution is 8.76. The zero-order valence-electron chi connectivity index (χ0n) is 30.3. The minimum atomic E-state index is 0.0831. The number of pyridine rings is 1. The molecular formula is C41H48N8O2S2+2. The van der Waals surface area contributed by atoms with Crippen LogP contribution in [0.3, 0.4) is 0 Å². The van der Waals surface area contributed by atoms with Crippen molar-refractivity contribution in [1.82, 2.24) is 0 Å². The molecule has 0 bridgehead atoms. The number of aliphatic hydroxyl groups is 2. The van der Waals surface area contributed by atoms with Crippen LogP contribution in [-0.2, 0) is 6.54 Å². The number of quaternary nitrogens is 1. The van der Waals surface area contributed by atoms with Crippen LogP contribution in [0.25, 0.3) is 17.0 Å². The zero-order chi connectivity index (χ0) is 37.3. The average Bonchev–Trinajstić information content (AvgIpc) is 3.19. The summed E-state index contributed by atoms with van der Waals surface area (Å²) < 4.78 is 2.02. The van der Waals surface area contributed by atoms with Crippen molar-refractivity contribution in [3.05, 3.63) is 128 Å². The number of nitrogens with two attached hydrogens (primary N) is 1. The van der Waals surface area contributed by atoms with Crippen molar-refractivity contribution in [2.24, 2.45) is 20.5 Å². The topological polar surface area (TPSA) is 117 Å². The molecule has 53 heavy (non-hydrogen) atoms. The molecule has 274 valence electrons. The quantitative estimate of drug-likeness (QED) is 0.0184. The Morgan fingerprint density at radius 2 is 1.32 bits per heavy atom. The van der Waals surface area contributed by atoms with Crippen LogP contribution in [0, 0.1) is 0 Å². The van der Waals surface area contributed by atoms with Gasteiger partial charge in [-0.15, -0.1) is 10.2 Å². The van der Waals surface area contributed by atoms with Gasteiger partial charge in [-0.1, -0.05) is 52.5 Å². The van der Waals surface area contributed by atoms with E-state index in [2.05, 4.69) is 75.2 Å². The largest absolute Gasteiger partial charge is 0.391 e. The third-order valence-corrected chi connectivity index (χ3v) is 10.8. The molecule has 0 aliphatic rings. The Bertz CT molecular complexity index is 2000. The Kier molecular flexibility index (Phi) is 15.6. The van der Waals surface area contributed by atoms with Crippen molar-refractivity contribution < 1.29 is 20.1 Å². The number of benzene rings is 4. The average molecular weight is 749 g/mol. The van der Waals surface area contributed by atoms with E-state index in [0.29, 0.717) is 13.1 Å². The summed E-state index contributed by atoms with van der Waals surface area (Å²) in [5, 5.41) is 39.7. The van der Waals surface area contributed by atoms with E-state index < -0.39 is 0 Å². The van der Waals surface area contributed by atoms with E-state index in [1.54, 1.807) is 6.08 Å². The summed E-state index contributed by atoms with van der Waals surface area (Å²) in [4.78, 5) is 4.52. The summed E-state index contributed by atoms with van der Waals surface area (Å²) in [6, 6.07) is 32.2. The first-order chi connectivity index (χ1) is 26.0. The third-order valence-electron chi connectivity index (χ3n) is 8.48. The van der Waals surface area contributed by atoms with Gasteiger partial charge in [0.05, 0.1) is 40.3 Å². The fourth-order valence-corrected chi connectivity index (χ4v) is 7.66. The minimum Gasteiger partial charge on any atom is -0.391 e. The van der Waals surface area contributed by atoms with Crippen LogP contribution in [-0.4, -0.2) is 68.7 Å². The van der Waals surface area contributed by atoms with E-state index in [0.717, 1.165) is 80.9 Å². The summed E-state index contributed by atoms with van der Waals surface area (Å²) >= 11 is 0. The summed E-state index contributed by atoms with van der Waals surface area (Å²) in [5.41, 5.74) is 8.39. The Labute approximate surface area is 320 Å². The number of nitrogens with zero attached hydrogens (tertiary/aromatic N) is 7. The fourth-order valence-electron chi connectivity index (χ4n) is 5.57. The maximum Gasteiger partial charge on any atom is 0.214 e. The molecule has 10 nitrogen and oxygen atoms in total. The summed E-state index contributed by atoms with van der Waals surface area (Å²) in [5.74, 6) is 2.02. The Morgan fingerprint density at radius 3 is 1.92 bits per heavy atom. The van der Waals surface area contributed by atoms with Gasteiger partial charge in [-0.3, -0.25) is 0 Å². The second kappa shape index (κ2) is 21.0. The molecule has 1 heterocycles. The first kappa shape index (κ1) is 39.4. The minimum absolute atomic E-state index is 0.0831. The van der Waals surface area contributed by atoms with Gasteiger partial charge in [0.25, 0.3) is 0 Å². The molecule has 4 aromatic carbocycles. The number of allylic oxidation sites excluding steroid dienone is 2. The molecule has 12 heteroatoms. The normalized spacial score (nSPS) is 11.7. The molecule has 0 radical (unpaired) electrons. The molecule has 5 rings (SSSR count). The lowest BCUT2D eigenvalue weighted by Gasteiger charge is -2.20. The molecule has 1 aromatic heterocycles. The second-order valence-corrected chi connectivity index (χ2v) is 14.8. The molecule has 0 spiro atoms. The molecule has 0 saturated carbocycles. The lowest BCUT2D eigenvalue weighted by Crippen LogP contribution is -2.79. The SMILES string of the molecule is C=C/C=C\c1c(N=Nc2ccc(N(C)CCSSCCN(C)c3ccc(N=Nc4cccc5c4ccc[n+]5CCO)cc3)cc2)cccc1[NH2+]CCO. The molecule has 0 saturated heterocycles. The molecule has 0 fully saturated rings. The number of fused-ring (bicyclic) bond motifs is 1. The van der Waals surface area contributed by atoms with Gasteiger partial charge in [0.2, 0.25) is 5.52 Å². The smallest absolute Gasteiger partial charge is 0.214 e. The van der Waals surface area contributed by atoms with Crippen molar-refractivity contribution in [3.63, 3.8) is 0 Å². The van der Waals surface area contributed by atoms with Gasteiger partial charge in [-0.2, -0.15) is 14.8 Å². The van der Waals surface area contributed by atoms with Gasteiger partial charge in [-0.25, -0.2) is 0 Å². The predicted molar refractivity (Wildman–Crippen MR) is 223 cm³/mol. The van der Waals surface area contributed by atoms with Gasteiger partial charge in [0.15, 0.2) is 12.7 Å². The highest BCUT2D eigenvalue weighted by Gasteiger charge is 2.11. The first-order valence-corrected chi connectivity index (χ1v) is 20.1. The number of rotatable bonds is 20. The van der Waals surface area contributed by atoms with Crippen molar-refractivity contribution in [1.29, 1.82) is 0 Å². The number of hydrogen-bond donors (Lipinski definition) is 3. The van der Waals surface area contributed by atoms with Crippen molar-refractivity contribution >= 4 is 78.4 Å². The van der Waals surface area contributed by atoms with E-state index in [4.69, 9.17) is 0 Å². The molecule has 4 N–H and O–H groups in total. The molecule has 0 atom stereocenters. The molecular weight excluding hydrogens is 701 g/mol. The van der Waals surface area contributed by atoms with E-state index in [-0.39, 0.29) is 13.2 Å². The van der Waals surface area contributed by atoms with Gasteiger partial charge in [0.1, 0.15) is 18.8 Å². The highest BCUT2D eigenvalue weighted by Crippen LogP contribution is 2.30. The van der Waals surface area contributed by atoms with Crippen molar-refractivity contribution in [2.75, 3.05) is 68.2 Å². The maximum atomic E-state index is 9.39. The fraction of sp³-hybridized carbons (Fsp3) is 0.244. The molecule has 0 unspecified atom stereocenters. The van der Waals surface area contributed by atoms with Crippen molar-refractivity contribution in [2.45, 2.75) is 6.54 Å². The Balaban J connectivity index is 1.04. The van der Waals surface area contributed by atoms with Crippen LogP contribution in [0.15, 0.2) is 142 Å². The molecule has 0 aliphatic heterocycles. The molecule has 0 amide bonds. The van der Waals surface area contributed by atoms with Crippen LogP contribution in [0.2, 0.25) is 0 Å². The van der Waals surface area contributed by atoms with E-state index in [1.165, 1.54) is 0 Å². The number of aliphatic hydroxyl groups excluding tert-OH is 2. The Hall–Kier alpha value is -4.85. The maximum absolute atomic E-state index is 9.39. The second-order valence-electron chi connectivity index (χ2n) is 12.1. The van der Waals surface area contributed by atoms with Crippen molar-refractivity contribution in [3.8, 4) is 0 Å². The third kappa shape index (κ3) is 11.6. The predicted octanol–water partition coefficient (Wildman–Crippen LogP) is 8.29. The number of aromatic nitrogens is 1. The van der Waals surface area contributed by atoms with Crippen LogP contribution in [0.4, 0.5) is 39.8 Å².